The van der Waals surface area contributed by atoms with Crippen LogP contribution in [0.25, 0.3) is 0 Å². The number of hydrogen-bond donors (Lipinski definition) is 0. The number of hydrogen-bond acceptors (Lipinski definition) is 5. The van der Waals surface area contributed by atoms with Gasteiger partial charge in [0.25, 0.3) is 0 Å². The lowest BCUT2D eigenvalue weighted by molar-refractivity contribution is -0.0500. The second-order valence-electron chi connectivity index (χ2n) is 6.30. The summed E-state index contributed by atoms with van der Waals surface area (Å²) < 4.78 is 63.8. The summed E-state index contributed by atoms with van der Waals surface area (Å²) in [6, 6.07) is 11.4. The van der Waals surface area contributed by atoms with Gasteiger partial charge in [-0.25, -0.2) is 0 Å². The van der Waals surface area contributed by atoms with Gasteiger partial charge in [0.15, 0.2) is 11.5 Å². The molecule has 5 nitrogen and oxygen atoms in total. The number of benzene rings is 2. The van der Waals surface area contributed by atoms with Crippen molar-refractivity contribution in [3.63, 3.8) is 0 Å². The van der Waals surface area contributed by atoms with Gasteiger partial charge < -0.3 is 9.08 Å². The second-order valence-corrected chi connectivity index (χ2v) is 7.84. The molecule has 2 aromatic carbocycles. The highest BCUT2D eigenvalue weighted by atomic mass is 32.2. The molecule has 0 aliphatic heterocycles. The number of ketones is 1. The van der Waals surface area contributed by atoms with Crippen LogP contribution in [0.15, 0.2) is 48.5 Å². The summed E-state index contributed by atoms with van der Waals surface area (Å²) in [7, 11) is -5.85. The Hall–Kier alpha value is -2.39. The molecule has 0 N–H and O–H groups in total. The van der Waals surface area contributed by atoms with Gasteiger partial charge in [-0.2, -0.15) is 21.6 Å². The first-order chi connectivity index (χ1) is 14.0. The van der Waals surface area contributed by atoms with E-state index in [9.17, 15) is 26.4 Å². The normalized spacial score (nSPS) is 11.6. The standard InChI is InChI=1S/C15H11F3O4S.C6H15N/c1-10-7-8-13(22-23(20,21)15(16,17)18)12(9-10)14(19)11-5-3-2-4-6-11;1-4-7(5-2)6-3/h2-9H,1H3;4-6H2,1-3H3. The van der Waals surface area contributed by atoms with Crippen molar-refractivity contribution in [1.82, 2.24) is 4.90 Å². The minimum atomic E-state index is -5.85. The number of nitrogens with zero attached hydrogens (tertiary/aromatic N) is 1. The minimum Gasteiger partial charge on any atom is -0.375 e. The maximum atomic E-state index is 12.5. The van der Waals surface area contributed by atoms with Crippen LogP contribution in [-0.4, -0.2) is 44.2 Å². The second kappa shape index (κ2) is 11.1. The number of halogens is 3. The van der Waals surface area contributed by atoms with Gasteiger partial charge in [-0.05, 0) is 38.7 Å². The summed E-state index contributed by atoms with van der Waals surface area (Å²) in [4.78, 5) is 14.8. The van der Waals surface area contributed by atoms with Crippen LogP contribution < -0.4 is 4.18 Å². The number of carbonyl (C=O) groups is 1. The van der Waals surface area contributed by atoms with Crippen LogP contribution in [0.1, 0.15) is 42.3 Å². The number of rotatable bonds is 7. The first kappa shape index (κ1) is 25.6. The van der Waals surface area contributed by atoms with E-state index in [-0.39, 0.29) is 11.1 Å². The monoisotopic (exact) mass is 445 g/mol. The van der Waals surface area contributed by atoms with Gasteiger partial charge >= 0.3 is 15.6 Å². The SMILES string of the molecule is CCN(CC)CC.Cc1ccc(OS(=O)(=O)C(F)(F)F)c(C(=O)c2ccccc2)c1. The van der Waals surface area contributed by atoms with Crippen molar-refractivity contribution in [1.29, 1.82) is 0 Å². The molecule has 0 aromatic heterocycles. The third-order valence-corrected chi connectivity index (χ3v) is 5.21. The van der Waals surface area contributed by atoms with Crippen molar-refractivity contribution >= 4 is 15.9 Å². The van der Waals surface area contributed by atoms with Gasteiger partial charge in [0.2, 0.25) is 0 Å². The third-order valence-electron chi connectivity index (χ3n) is 4.24. The van der Waals surface area contributed by atoms with Crippen molar-refractivity contribution in [3.8, 4) is 5.75 Å². The van der Waals surface area contributed by atoms with Crippen molar-refractivity contribution in [2.45, 2.75) is 33.2 Å². The van der Waals surface area contributed by atoms with Crippen molar-refractivity contribution in [2.24, 2.45) is 0 Å². The number of carbonyl (C=O) groups excluding carboxylic acids is 1. The molecule has 0 amide bonds. The first-order valence-electron chi connectivity index (χ1n) is 9.40. The fraction of sp³-hybridized carbons (Fsp3) is 0.381. The molecule has 0 spiro atoms. The van der Waals surface area contributed by atoms with E-state index in [1.807, 2.05) is 0 Å². The molecule has 0 bridgehead atoms. The molecular formula is C21H26F3NO4S. The van der Waals surface area contributed by atoms with Gasteiger partial charge in [0.1, 0.15) is 0 Å². The zero-order valence-corrected chi connectivity index (χ0v) is 18.2. The predicted octanol–water partition coefficient (Wildman–Crippen LogP) is 4.80. The van der Waals surface area contributed by atoms with Crippen LogP contribution in [0.3, 0.4) is 0 Å². The Morgan fingerprint density at radius 1 is 0.967 bits per heavy atom. The van der Waals surface area contributed by atoms with Crippen molar-refractivity contribution in [2.75, 3.05) is 19.6 Å². The highest BCUT2D eigenvalue weighted by Gasteiger charge is 2.49. The molecule has 2 rings (SSSR count). The molecule has 0 fully saturated rings. The molecule has 0 atom stereocenters. The Bertz CT molecular complexity index is 920. The van der Waals surface area contributed by atoms with Crippen LogP contribution in [0.2, 0.25) is 0 Å². The summed E-state index contributed by atoms with van der Waals surface area (Å²) in [6.45, 7) is 11.7. The van der Waals surface area contributed by atoms with E-state index >= 15 is 0 Å². The summed E-state index contributed by atoms with van der Waals surface area (Å²) in [5.41, 5.74) is -5.07. The van der Waals surface area contributed by atoms with E-state index in [1.54, 1.807) is 25.1 Å². The molecule has 0 heterocycles. The van der Waals surface area contributed by atoms with E-state index < -0.39 is 27.2 Å². The van der Waals surface area contributed by atoms with Crippen LogP contribution in [-0.2, 0) is 10.1 Å². The van der Waals surface area contributed by atoms with E-state index in [1.165, 1.54) is 43.9 Å². The largest absolute Gasteiger partial charge is 0.534 e. The summed E-state index contributed by atoms with van der Waals surface area (Å²) in [5, 5.41) is 0. The van der Waals surface area contributed by atoms with Crippen molar-refractivity contribution in [3.05, 3.63) is 65.2 Å². The number of alkyl halides is 3. The lowest BCUT2D eigenvalue weighted by atomic mass is 10.0. The minimum absolute atomic E-state index is 0.201. The molecule has 30 heavy (non-hydrogen) atoms. The topological polar surface area (TPSA) is 63.7 Å². The van der Waals surface area contributed by atoms with E-state index in [0.29, 0.717) is 5.56 Å². The van der Waals surface area contributed by atoms with Gasteiger partial charge in [-0.1, -0.05) is 62.7 Å². The molecule has 0 aliphatic rings. The highest BCUT2D eigenvalue weighted by Crippen LogP contribution is 2.30. The average Bonchev–Trinajstić information content (AvgIpc) is 2.70. The van der Waals surface area contributed by atoms with E-state index in [0.717, 1.165) is 6.07 Å². The smallest absolute Gasteiger partial charge is 0.375 e. The fourth-order valence-corrected chi connectivity index (χ4v) is 2.95. The summed E-state index contributed by atoms with van der Waals surface area (Å²) in [5.74, 6) is -1.30. The first-order valence-corrected chi connectivity index (χ1v) is 10.8. The molecule has 166 valence electrons. The Kier molecular flexibility index (Phi) is 9.51. The Labute approximate surface area is 175 Å². The molecule has 0 aliphatic carbocycles. The van der Waals surface area contributed by atoms with Crippen LogP contribution in [0.5, 0.6) is 5.75 Å². The van der Waals surface area contributed by atoms with E-state index in [4.69, 9.17) is 0 Å². The highest BCUT2D eigenvalue weighted by molar-refractivity contribution is 7.88. The maximum absolute atomic E-state index is 12.5. The zero-order valence-electron chi connectivity index (χ0n) is 17.4. The van der Waals surface area contributed by atoms with Crippen LogP contribution in [0.4, 0.5) is 13.2 Å². The molecule has 0 saturated heterocycles. The average molecular weight is 446 g/mol. The van der Waals surface area contributed by atoms with Gasteiger partial charge in [-0.15, -0.1) is 0 Å². The Morgan fingerprint density at radius 2 is 1.50 bits per heavy atom. The Balaban J connectivity index is 0.000000553. The lowest BCUT2D eigenvalue weighted by Crippen LogP contribution is -2.28. The maximum Gasteiger partial charge on any atom is 0.534 e. The molecule has 0 unspecified atom stereocenters. The van der Waals surface area contributed by atoms with Gasteiger partial charge in [0, 0.05) is 5.56 Å². The van der Waals surface area contributed by atoms with Crippen LogP contribution in [0, 0.1) is 6.92 Å². The third kappa shape index (κ3) is 7.14. The summed E-state index contributed by atoms with van der Waals surface area (Å²) >= 11 is 0. The Morgan fingerprint density at radius 3 is 1.93 bits per heavy atom. The fourth-order valence-electron chi connectivity index (χ4n) is 2.48. The molecule has 9 heteroatoms. The van der Waals surface area contributed by atoms with E-state index in [2.05, 4.69) is 29.9 Å². The quantitative estimate of drug-likeness (QED) is 0.348. The molecular weight excluding hydrogens is 419 g/mol. The lowest BCUT2D eigenvalue weighted by Gasteiger charge is -2.13. The van der Waals surface area contributed by atoms with Crippen LogP contribution >= 0.6 is 0 Å². The van der Waals surface area contributed by atoms with Gasteiger partial charge in [-0.3, -0.25) is 4.79 Å². The predicted molar refractivity (Wildman–Crippen MR) is 110 cm³/mol. The zero-order chi connectivity index (χ0) is 22.9. The summed E-state index contributed by atoms with van der Waals surface area (Å²) in [6.07, 6.45) is 0. The number of aryl methyl sites for hydroxylation is 1. The molecule has 2 aromatic rings. The van der Waals surface area contributed by atoms with Crippen molar-refractivity contribution < 1.29 is 30.6 Å². The molecule has 0 saturated carbocycles. The molecule has 0 radical (unpaired) electrons. The van der Waals surface area contributed by atoms with Gasteiger partial charge in [0.05, 0.1) is 5.56 Å².